The summed E-state index contributed by atoms with van der Waals surface area (Å²) in [5.74, 6) is -1.74. The number of ether oxygens (including phenoxy) is 1. The quantitative estimate of drug-likeness (QED) is 0.773. The zero-order valence-corrected chi connectivity index (χ0v) is 18.3. The monoisotopic (exact) mass is 444 g/mol. The van der Waals surface area contributed by atoms with Crippen molar-refractivity contribution in [2.75, 3.05) is 29.9 Å². The van der Waals surface area contributed by atoms with Crippen molar-refractivity contribution in [1.29, 1.82) is 0 Å². The van der Waals surface area contributed by atoms with Gasteiger partial charge in [0.05, 0.1) is 23.5 Å². The largest absolute Gasteiger partial charge is 0.444 e. The highest BCUT2D eigenvalue weighted by molar-refractivity contribution is 6.04. The van der Waals surface area contributed by atoms with Crippen molar-refractivity contribution < 1.29 is 23.1 Å². The summed E-state index contributed by atoms with van der Waals surface area (Å²) >= 11 is 0. The number of fused-ring (bicyclic) bond motifs is 1. The molecule has 1 N–H and O–H groups in total. The number of nitrogens with one attached hydrogen (secondary N) is 1. The summed E-state index contributed by atoms with van der Waals surface area (Å²) in [6, 6.07) is 4.65. The van der Waals surface area contributed by atoms with Crippen LogP contribution < -0.4 is 10.2 Å². The number of carbonyl (C=O) groups excluding carboxylic acids is 2. The predicted octanol–water partition coefficient (Wildman–Crippen LogP) is 4.06. The molecule has 2 fully saturated rings. The molecule has 1 aromatic carbocycles. The Labute approximate surface area is 185 Å². The third-order valence-electron chi connectivity index (χ3n) is 5.64. The lowest BCUT2D eigenvalue weighted by molar-refractivity contribution is 0.0284. The maximum atomic E-state index is 13.4. The summed E-state index contributed by atoms with van der Waals surface area (Å²) in [6.45, 7) is 7.49. The lowest BCUT2D eigenvalue weighted by atomic mass is 10.1. The van der Waals surface area contributed by atoms with Gasteiger partial charge in [0.2, 0.25) is 0 Å². The number of rotatable bonds is 3. The zero-order valence-electron chi connectivity index (χ0n) is 18.3. The number of nitrogens with zero attached hydrogens (tertiary/aromatic N) is 3. The van der Waals surface area contributed by atoms with Crippen molar-refractivity contribution in [3.05, 3.63) is 53.9 Å². The van der Waals surface area contributed by atoms with Crippen molar-refractivity contribution >= 4 is 23.4 Å². The molecular formula is C23H26F2N4O3. The van der Waals surface area contributed by atoms with Gasteiger partial charge in [-0.05, 0) is 45.4 Å². The van der Waals surface area contributed by atoms with Gasteiger partial charge in [-0.1, -0.05) is 0 Å². The zero-order chi connectivity index (χ0) is 23.0. The van der Waals surface area contributed by atoms with E-state index in [2.05, 4.69) is 15.2 Å². The van der Waals surface area contributed by atoms with E-state index in [1.54, 1.807) is 17.2 Å². The molecule has 2 aliphatic rings. The lowest BCUT2D eigenvalue weighted by Crippen LogP contribution is -2.39. The summed E-state index contributed by atoms with van der Waals surface area (Å²) < 4.78 is 32.3. The lowest BCUT2D eigenvalue weighted by Gasteiger charge is -2.28. The third kappa shape index (κ3) is 4.81. The van der Waals surface area contributed by atoms with E-state index in [9.17, 15) is 18.4 Å². The van der Waals surface area contributed by atoms with Crippen LogP contribution in [0.1, 0.15) is 37.6 Å². The summed E-state index contributed by atoms with van der Waals surface area (Å²) in [5.41, 5.74) is 0.521. The van der Waals surface area contributed by atoms with Gasteiger partial charge in [0, 0.05) is 43.5 Å². The van der Waals surface area contributed by atoms with Crippen molar-refractivity contribution in [2.45, 2.75) is 38.8 Å². The third-order valence-corrected chi connectivity index (χ3v) is 5.64. The van der Waals surface area contributed by atoms with Gasteiger partial charge in [-0.15, -0.1) is 0 Å². The van der Waals surface area contributed by atoms with Crippen LogP contribution in [0.4, 0.5) is 25.0 Å². The molecule has 170 valence electrons. The minimum absolute atomic E-state index is 0.0305. The number of amides is 2. The Balaban J connectivity index is 1.46. The van der Waals surface area contributed by atoms with Crippen LogP contribution in [0.15, 0.2) is 36.7 Å². The highest BCUT2D eigenvalue weighted by atomic mass is 19.1. The second kappa shape index (κ2) is 8.37. The van der Waals surface area contributed by atoms with Crippen LogP contribution in [0, 0.1) is 17.6 Å². The Bertz CT molecular complexity index is 1020. The van der Waals surface area contributed by atoms with E-state index in [1.165, 1.54) is 6.20 Å². The Kier molecular flexibility index (Phi) is 5.75. The second-order valence-electron chi connectivity index (χ2n) is 9.24. The number of anilines is 2. The van der Waals surface area contributed by atoms with Crippen LogP contribution in [0.2, 0.25) is 0 Å². The second-order valence-corrected chi connectivity index (χ2v) is 9.24. The summed E-state index contributed by atoms with van der Waals surface area (Å²) in [5, 5.41) is 2.50. The van der Waals surface area contributed by atoms with Gasteiger partial charge in [-0.25, -0.2) is 13.6 Å². The molecule has 0 unspecified atom stereocenters. The van der Waals surface area contributed by atoms with E-state index in [0.717, 1.165) is 36.9 Å². The maximum absolute atomic E-state index is 13.4. The van der Waals surface area contributed by atoms with E-state index in [1.807, 2.05) is 20.8 Å². The molecule has 0 bridgehead atoms. The first kappa shape index (κ1) is 22.0. The van der Waals surface area contributed by atoms with Gasteiger partial charge in [0.25, 0.3) is 5.91 Å². The Morgan fingerprint density at radius 1 is 1.09 bits per heavy atom. The number of likely N-dealkylation sites (tertiary alicyclic amines) is 1. The predicted molar refractivity (Wildman–Crippen MR) is 116 cm³/mol. The molecule has 4 rings (SSSR count). The van der Waals surface area contributed by atoms with Crippen LogP contribution >= 0.6 is 0 Å². The van der Waals surface area contributed by atoms with Crippen molar-refractivity contribution in [3.63, 3.8) is 0 Å². The molecule has 1 aromatic heterocycles. The fourth-order valence-electron chi connectivity index (χ4n) is 4.30. The van der Waals surface area contributed by atoms with Crippen LogP contribution in [-0.4, -0.2) is 53.2 Å². The molecule has 2 aliphatic heterocycles. The van der Waals surface area contributed by atoms with Gasteiger partial charge >= 0.3 is 6.09 Å². The number of aromatic nitrogens is 1. The van der Waals surface area contributed by atoms with Crippen molar-refractivity contribution in [3.8, 4) is 0 Å². The van der Waals surface area contributed by atoms with Gasteiger partial charge < -0.3 is 19.9 Å². The van der Waals surface area contributed by atoms with E-state index in [0.29, 0.717) is 19.0 Å². The van der Waals surface area contributed by atoms with Crippen LogP contribution in [0.5, 0.6) is 0 Å². The SMILES string of the molecule is CC(C)(C)OC(=O)N1C[C@@H]2CCN(c3cncc(C(=O)Nc4cc(F)cc(F)c4)c3)[C@@H]2C1. The molecule has 0 aliphatic carbocycles. The van der Waals surface area contributed by atoms with Crippen LogP contribution in [0.25, 0.3) is 0 Å². The normalized spacial score (nSPS) is 20.3. The van der Waals surface area contributed by atoms with E-state index in [-0.39, 0.29) is 23.4 Å². The molecule has 0 radical (unpaired) electrons. The molecule has 3 heterocycles. The highest BCUT2D eigenvalue weighted by Crippen LogP contribution is 2.35. The first-order chi connectivity index (χ1) is 15.1. The van der Waals surface area contributed by atoms with Gasteiger partial charge in [0.1, 0.15) is 17.2 Å². The fraction of sp³-hybridized carbons (Fsp3) is 0.435. The molecule has 2 aromatic rings. The molecule has 2 saturated heterocycles. The highest BCUT2D eigenvalue weighted by Gasteiger charge is 2.44. The average Bonchev–Trinajstić information content (AvgIpc) is 3.26. The Hall–Kier alpha value is -3.23. The minimum atomic E-state index is -0.772. The van der Waals surface area contributed by atoms with Crippen LogP contribution in [-0.2, 0) is 4.74 Å². The minimum Gasteiger partial charge on any atom is -0.444 e. The van der Waals surface area contributed by atoms with Gasteiger partial charge in [-0.2, -0.15) is 0 Å². The first-order valence-electron chi connectivity index (χ1n) is 10.6. The average molecular weight is 444 g/mol. The number of hydrogen-bond donors (Lipinski definition) is 1. The molecule has 7 nitrogen and oxygen atoms in total. The van der Waals surface area contributed by atoms with Crippen molar-refractivity contribution in [2.24, 2.45) is 5.92 Å². The number of halogens is 2. The van der Waals surface area contributed by atoms with E-state index >= 15 is 0 Å². The summed E-state index contributed by atoms with van der Waals surface area (Å²) in [7, 11) is 0. The first-order valence-corrected chi connectivity index (χ1v) is 10.6. The molecule has 0 spiro atoms. The van der Waals surface area contributed by atoms with Gasteiger partial charge in [0.15, 0.2) is 0 Å². The molecule has 2 amide bonds. The van der Waals surface area contributed by atoms with E-state index < -0.39 is 23.1 Å². The summed E-state index contributed by atoms with van der Waals surface area (Å²) in [6.07, 6.45) is 3.68. The molecular weight excluding hydrogens is 418 g/mol. The van der Waals surface area contributed by atoms with E-state index in [4.69, 9.17) is 4.74 Å². The number of carbonyl (C=O) groups is 2. The Morgan fingerprint density at radius 2 is 1.81 bits per heavy atom. The van der Waals surface area contributed by atoms with Gasteiger partial charge in [-0.3, -0.25) is 9.78 Å². The number of pyridine rings is 1. The summed E-state index contributed by atoms with van der Waals surface area (Å²) in [4.78, 5) is 33.2. The molecule has 32 heavy (non-hydrogen) atoms. The standard InChI is InChI=1S/C23H26F2N4O3/c1-23(2,3)32-22(31)28-12-14-4-5-29(20(14)13-28)19-6-15(10-26-11-19)21(30)27-18-8-16(24)7-17(25)9-18/h6-11,14,20H,4-5,12-13H2,1-3H3,(H,27,30)/t14-,20+/m0/s1. The number of benzene rings is 1. The maximum Gasteiger partial charge on any atom is 0.410 e. The molecule has 9 heteroatoms. The Morgan fingerprint density at radius 3 is 2.50 bits per heavy atom. The molecule has 2 atom stereocenters. The topological polar surface area (TPSA) is 74.8 Å². The fourth-order valence-corrected chi connectivity index (χ4v) is 4.30. The smallest absolute Gasteiger partial charge is 0.410 e. The molecule has 0 saturated carbocycles. The van der Waals surface area contributed by atoms with Crippen LogP contribution in [0.3, 0.4) is 0 Å². The van der Waals surface area contributed by atoms with Crippen molar-refractivity contribution in [1.82, 2.24) is 9.88 Å². The number of hydrogen-bond acceptors (Lipinski definition) is 5.